The van der Waals surface area contributed by atoms with Crippen molar-refractivity contribution in [1.29, 1.82) is 0 Å². The molecule has 0 aliphatic heterocycles. The molecule has 0 unspecified atom stereocenters. The minimum absolute atomic E-state index is 0.143. The molecule has 1 aromatic heterocycles. The minimum Gasteiger partial charge on any atom is -0.384 e. The zero-order chi connectivity index (χ0) is 12.1. The zero-order valence-corrected chi connectivity index (χ0v) is 8.74. The predicted molar refractivity (Wildman–Crippen MR) is 53.4 cm³/mol. The minimum atomic E-state index is -1.27. The highest BCUT2D eigenvalue weighted by atomic mass is 19.2. The van der Waals surface area contributed by atoms with Gasteiger partial charge in [-0.1, -0.05) is 0 Å². The second-order valence-corrected chi connectivity index (χ2v) is 4.18. The van der Waals surface area contributed by atoms with Crippen LogP contribution in [0.25, 0.3) is 10.9 Å². The van der Waals surface area contributed by atoms with Gasteiger partial charge in [-0.3, -0.25) is 0 Å². The van der Waals surface area contributed by atoms with E-state index < -0.39 is 23.1 Å². The van der Waals surface area contributed by atoms with E-state index in [0.29, 0.717) is 6.07 Å². The van der Waals surface area contributed by atoms with Crippen LogP contribution in [0, 0.1) is 17.5 Å². The number of aliphatic hydroxyl groups is 1. The summed E-state index contributed by atoms with van der Waals surface area (Å²) < 4.78 is 39.6. The standard InChI is InChI=1S/C11H10F3NO/c1-11(2,16)8-3-5-9(14)6(12)4-7(13)10(5)15-8/h3-4,15-16H,1-2H3. The van der Waals surface area contributed by atoms with Crippen molar-refractivity contribution in [2.75, 3.05) is 0 Å². The van der Waals surface area contributed by atoms with Crippen molar-refractivity contribution in [1.82, 2.24) is 4.98 Å². The van der Waals surface area contributed by atoms with E-state index in [1.54, 1.807) is 0 Å². The SMILES string of the molecule is CC(C)(O)c1cc2c(F)c(F)cc(F)c2[nH]1. The Kier molecular flexibility index (Phi) is 2.24. The lowest BCUT2D eigenvalue weighted by atomic mass is 10.1. The predicted octanol–water partition coefficient (Wildman–Crippen LogP) is 2.81. The van der Waals surface area contributed by atoms with Crippen LogP contribution in [0.1, 0.15) is 19.5 Å². The van der Waals surface area contributed by atoms with Gasteiger partial charge in [0, 0.05) is 17.1 Å². The topological polar surface area (TPSA) is 36.0 Å². The van der Waals surface area contributed by atoms with Gasteiger partial charge in [0.2, 0.25) is 0 Å². The lowest BCUT2D eigenvalue weighted by Crippen LogP contribution is -2.15. The van der Waals surface area contributed by atoms with E-state index in [1.165, 1.54) is 19.9 Å². The third-order valence-corrected chi connectivity index (χ3v) is 2.42. The van der Waals surface area contributed by atoms with Crippen LogP contribution in [0.2, 0.25) is 0 Å². The molecule has 16 heavy (non-hydrogen) atoms. The Bertz CT molecular complexity index is 554. The Labute approximate surface area is 89.7 Å². The molecule has 5 heteroatoms. The zero-order valence-electron chi connectivity index (χ0n) is 8.74. The van der Waals surface area contributed by atoms with Crippen LogP contribution in [-0.2, 0) is 5.60 Å². The number of fused-ring (bicyclic) bond motifs is 1. The second-order valence-electron chi connectivity index (χ2n) is 4.18. The highest BCUT2D eigenvalue weighted by Crippen LogP contribution is 2.28. The largest absolute Gasteiger partial charge is 0.384 e. The summed E-state index contributed by atoms with van der Waals surface area (Å²) in [5, 5.41) is 9.47. The van der Waals surface area contributed by atoms with Crippen LogP contribution in [-0.4, -0.2) is 10.1 Å². The molecular weight excluding hydrogens is 219 g/mol. The molecule has 1 aromatic carbocycles. The molecule has 0 fully saturated rings. The molecule has 0 saturated heterocycles. The molecule has 2 aromatic rings. The third kappa shape index (κ3) is 1.57. The van der Waals surface area contributed by atoms with Crippen molar-refractivity contribution in [3.8, 4) is 0 Å². The quantitative estimate of drug-likeness (QED) is 0.725. The molecule has 0 radical (unpaired) electrons. The van der Waals surface area contributed by atoms with Gasteiger partial charge in [0.25, 0.3) is 0 Å². The van der Waals surface area contributed by atoms with E-state index in [4.69, 9.17) is 0 Å². The van der Waals surface area contributed by atoms with E-state index in [2.05, 4.69) is 4.98 Å². The Morgan fingerprint density at radius 2 is 1.75 bits per heavy atom. The molecule has 2 N–H and O–H groups in total. The maximum Gasteiger partial charge on any atom is 0.168 e. The molecule has 0 aliphatic carbocycles. The van der Waals surface area contributed by atoms with Gasteiger partial charge in [0.05, 0.1) is 11.1 Å². The van der Waals surface area contributed by atoms with Crippen LogP contribution in [0.4, 0.5) is 13.2 Å². The summed E-state index contributed by atoms with van der Waals surface area (Å²) in [6, 6.07) is 1.68. The second kappa shape index (κ2) is 3.25. The molecule has 0 bridgehead atoms. The van der Waals surface area contributed by atoms with Crippen molar-refractivity contribution in [2.24, 2.45) is 0 Å². The lowest BCUT2D eigenvalue weighted by Gasteiger charge is -2.14. The summed E-state index contributed by atoms with van der Waals surface area (Å²) >= 11 is 0. The fourth-order valence-electron chi connectivity index (χ4n) is 1.52. The summed E-state index contributed by atoms with van der Waals surface area (Å²) in [4.78, 5) is 2.54. The molecule has 86 valence electrons. The number of hydrogen-bond donors (Lipinski definition) is 2. The van der Waals surface area contributed by atoms with Gasteiger partial charge < -0.3 is 10.1 Å². The molecule has 0 spiro atoms. The van der Waals surface area contributed by atoms with Gasteiger partial charge in [0.1, 0.15) is 5.82 Å². The summed E-state index contributed by atoms with van der Waals surface area (Å²) in [5.74, 6) is -3.25. The van der Waals surface area contributed by atoms with E-state index >= 15 is 0 Å². The van der Waals surface area contributed by atoms with E-state index in [1.807, 2.05) is 0 Å². The number of nitrogens with one attached hydrogen (secondary N) is 1. The van der Waals surface area contributed by atoms with Gasteiger partial charge in [0.15, 0.2) is 11.6 Å². The van der Waals surface area contributed by atoms with E-state index in [0.717, 1.165) is 0 Å². The molecule has 0 saturated carbocycles. The molecule has 0 amide bonds. The van der Waals surface area contributed by atoms with Crippen LogP contribution < -0.4 is 0 Å². The number of halogens is 3. The number of H-pyrrole nitrogens is 1. The smallest absolute Gasteiger partial charge is 0.168 e. The van der Waals surface area contributed by atoms with Crippen molar-refractivity contribution >= 4 is 10.9 Å². The number of rotatable bonds is 1. The van der Waals surface area contributed by atoms with Crippen LogP contribution in [0.3, 0.4) is 0 Å². The molecule has 2 nitrogen and oxygen atoms in total. The number of aromatic nitrogens is 1. The fraction of sp³-hybridized carbons (Fsp3) is 0.273. The molecule has 2 rings (SSSR count). The van der Waals surface area contributed by atoms with Crippen molar-refractivity contribution < 1.29 is 18.3 Å². The first-order chi connectivity index (χ1) is 7.30. The molecule has 1 heterocycles. The van der Waals surface area contributed by atoms with Crippen LogP contribution in [0.5, 0.6) is 0 Å². The average Bonchev–Trinajstić information content (AvgIpc) is 2.58. The average molecular weight is 229 g/mol. The van der Waals surface area contributed by atoms with Gasteiger partial charge >= 0.3 is 0 Å². The Hall–Kier alpha value is -1.49. The van der Waals surface area contributed by atoms with Gasteiger partial charge in [-0.15, -0.1) is 0 Å². The van der Waals surface area contributed by atoms with Gasteiger partial charge in [-0.25, -0.2) is 13.2 Å². The van der Waals surface area contributed by atoms with Gasteiger partial charge in [-0.2, -0.15) is 0 Å². The van der Waals surface area contributed by atoms with Crippen molar-refractivity contribution in [2.45, 2.75) is 19.4 Å². The monoisotopic (exact) mass is 229 g/mol. The number of hydrogen-bond acceptors (Lipinski definition) is 1. The highest BCUT2D eigenvalue weighted by Gasteiger charge is 2.22. The fourth-order valence-corrected chi connectivity index (χ4v) is 1.52. The normalized spacial score (nSPS) is 12.4. The number of aromatic amines is 1. The van der Waals surface area contributed by atoms with Crippen molar-refractivity contribution in [3.63, 3.8) is 0 Å². The Balaban J connectivity index is 2.80. The van der Waals surface area contributed by atoms with Crippen LogP contribution >= 0.6 is 0 Å². The summed E-state index contributed by atoms with van der Waals surface area (Å²) in [6.45, 7) is 2.92. The van der Waals surface area contributed by atoms with E-state index in [-0.39, 0.29) is 16.6 Å². The maximum atomic E-state index is 13.3. The Morgan fingerprint density at radius 1 is 1.12 bits per heavy atom. The molecular formula is C11H10F3NO. The number of benzene rings is 1. The first-order valence-electron chi connectivity index (χ1n) is 4.70. The first-order valence-corrected chi connectivity index (χ1v) is 4.70. The summed E-state index contributed by atoms with van der Waals surface area (Å²) in [7, 11) is 0. The van der Waals surface area contributed by atoms with Crippen LogP contribution in [0.15, 0.2) is 12.1 Å². The summed E-state index contributed by atoms with van der Waals surface area (Å²) in [5.41, 5.74) is -1.18. The van der Waals surface area contributed by atoms with Crippen molar-refractivity contribution in [3.05, 3.63) is 35.3 Å². The molecule has 0 atom stereocenters. The summed E-state index contributed by atoms with van der Waals surface area (Å²) in [6.07, 6.45) is 0. The lowest BCUT2D eigenvalue weighted by molar-refractivity contribution is 0.0746. The third-order valence-electron chi connectivity index (χ3n) is 2.42. The molecule has 0 aliphatic rings. The van der Waals surface area contributed by atoms with E-state index in [9.17, 15) is 18.3 Å². The van der Waals surface area contributed by atoms with Gasteiger partial charge in [-0.05, 0) is 19.9 Å². The Morgan fingerprint density at radius 3 is 2.31 bits per heavy atom. The first kappa shape index (κ1) is 11.0. The maximum absolute atomic E-state index is 13.3. The highest BCUT2D eigenvalue weighted by molar-refractivity contribution is 5.82.